The summed E-state index contributed by atoms with van der Waals surface area (Å²) in [6, 6.07) is 15.7. The van der Waals surface area contributed by atoms with Crippen LogP contribution in [-0.2, 0) is 6.42 Å². The van der Waals surface area contributed by atoms with Crippen molar-refractivity contribution in [1.82, 2.24) is 19.9 Å². The largest absolute Gasteiger partial charge is 0.340 e. The first-order chi connectivity index (χ1) is 13.6. The maximum Gasteiger partial charge on any atom is 0.272 e. The van der Waals surface area contributed by atoms with Crippen molar-refractivity contribution in [2.75, 3.05) is 25.0 Å². The van der Waals surface area contributed by atoms with E-state index in [9.17, 15) is 4.79 Å². The lowest BCUT2D eigenvalue weighted by atomic mass is 10.2. The minimum absolute atomic E-state index is 0.107. The molecule has 0 radical (unpaired) electrons. The summed E-state index contributed by atoms with van der Waals surface area (Å²) in [5.41, 5.74) is 2.59. The van der Waals surface area contributed by atoms with Gasteiger partial charge in [-0.15, -0.1) is 0 Å². The standard InChI is InChI=1S/C22H25N5O/c1-4-27(19-8-6-5-7-9-19)21-16-20(24-17(2)25-21)22(28)26(3)15-12-18-10-13-23-14-11-18/h5-11,13-14,16H,4,12,15H2,1-3H3. The van der Waals surface area contributed by atoms with Crippen LogP contribution in [-0.4, -0.2) is 45.9 Å². The summed E-state index contributed by atoms with van der Waals surface area (Å²) in [5.74, 6) is 1.20. The number of carbonyl (C=O) groups excluding carboxylic acids is 1. The number of rotatable bonds is 7. The maximum atomic E-state index is 12.9. The molecule has 0 spiro atoms. The Balaban J connectivity index is 1.79. The molecule has 6 nitrogen and oxygen atoms in total. The van der Waals surface area contributed by atoms with Crippen LogP contribution >= 0.6 is 0 Å². The Bertz CT molecular complexity index is 915. The minimum atomic E-state index is -0.107. The van der Waals surface area contributed by atoms with Crippen molar-refractivity contribution in [2.45, 2.75) is 20.3 Å². The zero-order chi connectivity index (χ0) is 19.9. The Morgan fingerprint density at radius 1 is 1.04 bits per heavy atom. The summed E-state index contributed by atoms with van der Waals surface area (Å²) in [6.07, 6.45) is 4.30. The Labute approximate surface area is 165 Å². The summed E-state index contributed by atoms with van der Waals surface area (Å²) < 4.78 is 0. The Morgan fingerprint density at radius 3 is 2.43 bits per heavy atom. The topological polar surface area (TPSA) is 62.2 Å². The van der Waals surface area contributed by atoms with Crippen molar-refractivity contribution in [3.63, 3.8) is 0 Å². The number of likely N-dealkylation sites (N-methyl/N-ethyl adjacent to an activating group) is 1. The number of nitrogens with zero attached hydrogens (tertiary/aromatic N) is 5. The van der Waals surface area contributed by atoms with Gasteiger partial charge in [-0.25, -0.2) is 9.97 Å². The SMILES string of the molecule is CCN(c1ccccc1)c1cc(C(=O)N(C)CCc2ccncc2)nc(C)n1. The number of pyridine rings is 1. The van der Waals surface area contributed by atoms with Crippen LogP contribution in [0.4, 0.5) is 11.5 Å². The quantitative estimate of drug-likeness (QED) is 0.631. The van der Waals surface area contributed by atoms with Gasteiger partial charge in [0.25, 0.3) is 5.91 Å². The van der Waals surface area contributed by atoms with Crippen LogP contribution in [0.25, 0.3) is 0 Å². The van der Waals surface area contributed by atoms with Gasteiger partial charge in [0, 0.05) is 44.3 Å². The molecule has 144 valence electrons. The average molecular weight is 375 g/mol. The van der Waals surface area contributed by atoms with Crippen LogP contribution in [0.3, 0.4) is 0 Å². The summed E-state index contributed by atoms with van der Waals surface area (Å²) >= 11 is 0. The molecule has 0 bridgehead atoms. The fourth-order valence-electron chi connectivity index (χ4n) is 3.03. The number of anilines is 2. The molecule has 0 aliphatic carbocycles. The first-order valence-corrected chi connectivity index (χ1v) is 9.41. The molecule has 0 N–H and O–H groups in total. The molecule has 0 saturated heterocycles. The first kappa shape index (κ1) is 19.5. The number of amides is 1. The molecule has 3 aromatic rings. The molecule has 6 heteroatoms. The van der Waals surface area contributed by atoms with Crippen molar-refractivity contribution >= 4 is 17.4 Å². The number of aryl methyl sites for hydroxylation is 1. The number of aromatic nitrogens is 3. The summed E-state index contributed by atoms with van der Waals surface area (Å²) in [7, 11) is 1.80. The third kappa shape index (κ3) is 4.71. The molecule has 0 unspecified atom stereocenters. The number of carbonyl (C=O) groups is 1. The van der Waals surface area contributed by atoms with Crippen molar-refractivity contribution < 1.29 is 4.79 Å². The van der Waals surface area contributed by atoms with Crippen LogP contribution in [0.1, 0.15) is 28.8 Å². The first-order valence-electron chi connectivity index (χ1n) is 9.41. The molecular formula is C22H25N5O. The van der Waals surface area contributed by atoms with E-state index in [4.69, 9.17) is 0 Å². The molecule has 0 aliphatic heterocycles. The zero-order valence-electron chi connectivity index (χ0n) is 16.5. The summed E-state index contributed by atoms with van der Waals surface area (Å²) in [4.78, 5) is 29.7. The zero-order valence-corrected chi connectivity index (χ0v) is 16.5. The third-order valence-corrected chi connectivity index (χ3v) is 4.54. The van der Waals surface area contributed by atoms with Gasteiger partial charge in [-0.2, -0.15) is 0 Å². The van der Waals surface area contributed by atoms with Gasteiger partial charge in [-0.05, 0) is 50.1 Å². The third-order valence-electron chi connectivity index (χ3n) is 4.54. The van der Waals surface area contributed by atoms with Gasteiger partial charge in [-0.3, -0.25) is 9.78 Å². The second-order valence-electron chi connectivity index (χ2n) is 6.57. The molecule has 2 aromatic heterocycles. The molecule has 0 atom stereocenters. The lowest BCUT2D eigenvalue weighted by Gasteiger charge is -2.23. The molecule has 28 heavy (non-hydrogen) atoms. The van der Waals surface area contributed by atoms with Gasteiger partial charge in [0.2, 0.25) is 0 Å². The highest BCUT2D eigenvalue weighted by atomic mass is 16.2. The van der Waals surface area contributed by atoms with E-state index in [0.717, 1.165) is 30.0 Å². The highest BCUT2D eigenvalue weighted by Gasteiger charge is 2.18. The van der Waals surface area contributed by atoms with Crippen molar-refractivity contribution in [2.24, 2.45) is 0 Å². The van der Waals surface area contributed by atoms with Crippen LogP contribution in [0.2, 0.25) is 0 Å². The van der Waals surface area contributed by atoms with Gasteiger partial charge in [-0.1, -0.05) is 18.2 Å². The lowest BCUT2D eigenvalue weighted by Crippen LogP contribution is -2.30. The molecule has 0 aliphatic rings. The van der Waals surface area contributed by atoms with E-state index in [0.29, 0.717) is 18.1 Å². The molecule has 1 aromatic carbocycles. The molecular weight excluding hydrogens is 350 g/mol. The Morgan fingerprint density at radius 2 is 1.75 bits per heavy atom. The number of hydrogen-bond acceptors (Lipinski definition) is 5. The predicted octanol–water partition coefficient (Wildman–Crippen LogP) is 3.65. The van der Waals surface area contributed by atoms with E-state index >= 15 is 0 Å². The molecule has 3 rings (SSSR count). The number of para-hydroxylation sites is 1. The highest BCUT2D eigenvalue weighted by Crippen LogP contribution is 2.23. The van der Waals surface area contributed by atoms with Gasteiger partial charge >= 0.3 is 0 Å². The molecule has 1 amide bonds. The van der Waals surface area contributed by atoms with Crippen molar-refractivity contribution in [1.29, 1.82) is 0 Å². The highest BCUT2D eigenvalue weighted by molar-refractivity contribution is 5.93. The Hall–Kier alpha value is -3.28. The average Bonchev–Trinajstić information content (AvgIpc) is 2.73. The van der Waals surface area contributed by atoms with Crippen molar-refractivity contribution in [3.05, 3.63) is 78.0 Å². The molecule has 0 saturated carbocycles. The molecule has 0 fully saturated rings. The van der Waals surface area contributed by atoms with Gasteiger partial charge < -0.3 is 9.80 Å². The summed E-state index contributed by atoms with van der Waals surface area (Å²) in [5, 5.41) is 0. The smallest absolute Gasteiger partial charge is 0.272 e. The van der Waals surface area contributed by atoms with E-state index in [-0.39, 0.29) is 5.91 Å². The van der Waals surface area contributed by atoms with Gasteiger partial charge in [0.05, 0.1) is 0 Å². The fourth-order valence-corrected chi connectivity index (χ4v) is 3.03. The monoisotopic (exact) mass is 375 g/mol. The van der Waals surface area contributed by atoms with Crippen LogP contribution in [0, 0.1) is 6.92 Å². The van der Waals surface area contributed by atoms with E-state index in [1.54, 1.807) is 30.4 Å². The second kappa shape index (κ2) is 9.08. The number of benzene rings is 1. The second-order valence-corrected chi connectivity index (χ2v) is 6.57. The van der Waals surface area contributed by atoms with E-state index in [2.05, 4.69) is 26.8 Å². The normalized spacial score (nSPS) is 10.5. The van der Waals surface area contributed by atoms with Crippen LogP contribution < -0.4 is 4.90 Å². The summed E-state index contributed by atoms with van der Waals surface area (Å²) in [6.45, 7) is 5.23. The minimum Gasteiger partial charge on any atom is -0.340 e. The van der Waals surface area contributed by atoms with Gasteiger partial charge in [0.1, 0.15) is 17.3 Å². The van der Waals surface area contributed by atoms with E-state index in [1.807, 2.05) is 49.4 Å². The number of hydrogen-bond donors (Lipinski definition) is 0. The van der Waals surface area contributed by atoms with E-state index < -0.39 is 0 Å². The predicted molar refractivity (Wildman–Crippen MR) is 111 cm³/mol. The molecule has 2 heterocycles. The van der Waals surface area contributed by atoms with Crippen molar-refractivity contribution in [3.8, 4) is 0 Å². The van der Waals surface area contributed by atoms with E-state index in [1.165, 1.54) is 0 Å². The van der Waals surface area contributed by atoms with Gasteiger partial charge in [0.15, 0.2) is 0 Å². The van der Waals surface area contributed by atoms with Crippen LogP contribution in [0.15, 0.2) is 60.9 Å². The van der Waals surface area contributed by atoms with Crippen LogP contribution in [0.5, 0.6) is 0 Å². The maximum absolute atomic E-state index is 12.9. The Kier molecular flexibility index (Phi) is 6.32. The fraction of sp³-hybridized carbons (Fsp3) is 0.273. The lowest BCUT2D eigenvalue weighted by molar-refractivity contribution is 0.0790.